The van der Waals surface area contributed by atoms with Crippen LogP contribution in [0.25, 0.3) is 0 Å². The summed E-state index contributed by atoms with van der Waals surface area (Å²) >= 11 is 1.49. The third-order valence-electron chi connectivity index (χ3n) is 3.01. The van der Waals surface area contributed by atoms with Gasteiger partial charge in [0.05, 0.1) is 4.88 Å². The smallest absolute Gasteiger partial charge is 0.265 e. The first-order chi connectivity index (χ1) is 9.01. The zero-order valence-electron chi connectivity index (χ0n) is 11.2. The lowest BCUT2D eigenvalue weighted by atomic mass is 10.2. The fourth-order valence-electron chi connectivity index (χ4n) is 1.90. The summed E-state index contributed by atoms with van der Waals surface area (Å²) in [5, 5.41) is 2.76. The van der Waals surface area contributed by atoms with Crippen LogP contribution in [0.15, 0.2) is 24.3 Å². The second-order valence-corrected chi connectivity index (χ2v) is 5.62. The Hall–Kier alpha value is -1.68. The molecule has 0 fully saturated rings. The highest BCUT2D eigenvalue weighted by atomic mass is 32.1. The number of rotatable bonds is 3. The first-order valence-electron chi connectivity index (χ1n) is 6.18. The van der Waals surface area contributed by atoms with Crippen molar-refractivity contribution in [3.8, 4) is 0 Å². The molecule has 19 heavy (non-hydrogen) atoms. The Bertz CT molecular complexity index is 619. The van der Waals surface area contributed by atoms with Crippen LogP contribution in [0.5, 0.6) is 0 Å². The van der Waals surface area contributed by atoms with Crippen molar-refractivity contribution in [2.24, 2.45) is 0 Å². The number of halogens is 1. The number of carbonyl (C=O) groups excluding carboxylic acids is 1. The van der Waals surface area contributed by atoms with Gasteiger partial charge in [-0.25, -0.2) is 4.39 Å². The Morgan fingerprint density at radius 3 is 2.63 bits per heavy atom. The molecule has 0 atom stereocenters. The maximum atomic E-state index is 13.2. The lowest BCUT2D eigenvalue weighted by Gasteiger charge is -2.07. The molecule has 0 spiro atoms. The summed E-state index contributed by atoms with van der Waals surface area (Å²) < 4.78 is 13.2. The van der Waals surface area contributed by atoms with Gasteiger partial charge in [-0.1, -0.05) is 13.0 Å². The maximum Gasteiger partial charge on any atom is 0.265 e. The monoisotopic (exact) mass is 277 g/mol. The van der Waals surface area contributed by atoms with Crippen molar-refractivity contribution in [3.05, 3.63) is 51.0 Å². The molecular weight excluding hydrogens is 261 g/mol. The van der Waals surface area contributed by atoms with E-state index in [9.17, 15) is 9.18 Å². The molecule has 0 saturated carbocycles. The molecule has 1 aromatic heterocycles. The van der Waals surface area contributed by atoms with Gasteiger partial charge < -0.3 is 5.32 Å². The summed E-state index contributed by atoms with van der Waals surface area (Å²) in [5.41, 5.74) is 2.50. The lowest BCUT2D eigenvalue weighted by molar-refractivity contribution is 0.103. The third kappa shape index (κ3) is 3.01. The largest absolute Gasteiger partial charge is 0.321 e. The highest BCUT2D eigenvalue weighted by molar-refractivity contribution is 7.14. The molecule has 0 unspecified atom stereocenters. The molecule has 0 bridgehead atoms. The molecule has 0 radical (unpaired) electrons. The summed E-state index contributed by atoms with van der Waals surface area (Å²) in [6.07, 6.45) is 0.919. The zero-order chi connectivity index (χ0) is 14.0. The molecule has 1 N–H and O–H groups in total. The van der Waals surface area contributed by atoms with Crippen LogP contribution in [-0.4, -0.2) is 5.91 Å². The molecule has 1 heterocycles. The van der Waals surface area contributed by atoms with Gasteiger partial charge in [-0.2, -0.15) is 0 Å². The summed E-state index contributed by atoms with van der Waals surface area (Å²) in [6.45, 7) is 5.91. The van der Waals surface area contributed by atoms with E-state index in [-0.39, 0.29) is 11.7 Å². The number of thiophene rings is 1. The topological polar surface area (TPSA) is 29.1 Å². The molecular formula is C15H16FNOS. The number of aryl methyl sites for hydroxylation is 3. The van der Waals surface area contributed by atoms with E-state index >= 15 is 0 Å². The third-order valence-corrected chi connectivity index (χ3v) is 4.39. The number of carbonyl (C=O) groups is 1. The van der Waals surface area contributed by atoms with Crippen molar-refractivity contribution in [1.82, 2.24) is 0 Å². The predicted molar refractivity (Wildman–Crippen MR) is 77.5 cm³/mol. The van der Waals surface area contributed by atoms with E-state index in [1.165, 1.54) is 28.3 Å². The fraction of sp³-hybridized carbons (Fsp3) is 0.267. The van der Waals surface area contributed by atoms with Gasteiger partial charge in [0.2, 0.25) is 0 Å². The zero-order valence-corrected chi connectivity index (χ0v) is 12.0. The maximum absolute atomic E-state index is 13.2. The lowest BCUT2D eigenvalue weighted by Crippen LogP contribution is -2.11. The molecule has 4 heteroatoms. The van der Waals surface area contributed by atoms with Gasteiger partial charge in [-0.05, 0) is 49.6 Å². The second-order valence-electron chi connectivity index (χ2n) is 4.48. The van der Waals surface area contributed by atoms with Crippen LogP contribution < -0.4 is 5.32 Å². The SMILES string of the molecule is CCc1sc(C(=O)Nc2cc(F)ccc2C)cc1C. The Labute approximate surface area is 116 Å². The molecule has 0 aliphatic rings. The number of benzene rings is 1. The van der Waals surface area contributed by atoms with Gasteiger partial charge in [0.1, 0.15) is 5.82 Å². The molecule has 0 aliphatic heterocycles. The van der Waals surface area contributed by atoms with Crippen molar-refractivity contribution in [2.75, 3.05) is 5.32 Å². The van der Waals surface area contributed by atoms with Gasteiger partial charge >= 0.3 is 0 Å². The average molecular weight is 277 g/mol. The summed E-state index contributed by atoms with van der Waals surface area (Å²) in [7, 11) is 0. The van der Waals surface area contributed by atoms with E-state index in [1.807, 2.05) is 19.9 Å². The normalized spacial score (nSPS) is 10.5. The Kier molecular flexibility index (Phi) is 4.00. The van der Waals surface area contributed by atoms with Gasteiger partial charge in [0.25, 0.3) is 5.91 Å². The van der Waals surface area contributed by atoms with E-state index in [0.29, 0.717) is 10.6 Å². The fourth-order valence-corrected chi connectivity index (χ4v) is 2.90. The van der Waals surface area contributed by atoms with Gasteiger partial charge in [0, 0.05) is 10.6 Å². The van der Waals surface area contributed by atoms with Crippen LogP contribution in [0.1, 0.15) is 32.6 Å². The Balaban J connectivity index is 2.22. The second kappa shape index (κ2) is 5.53. The Morgan fingerprint density at radius 1 is 1.26 bits per heavy atom. The summed E-state index contributed by atoms with van der Waals surface area (Å²) in [5.74, 6) is -0.529. The first kappa shape index (κ1) is 13.7. The van der Waals surface area contributed by atoms with E-state index in [1.54, 1.807) is 6.07 Å². The number of anilines is 1. The van der Waals surface area contributed by atoms with Crippen LogP contribution in [0, 0.1) is 19.7 Å². The van der Waals surface area contributed by atoms with Crippen LogP contribution >= 0.6 is 11.3 Å². The minimum atomic E-state index is -0.350. The standard InChI is InChI=1S/C15H16FNOS/c1-4-13-10(3)7-14(19-13)15(18)17-12-8-11(16)6-5-9(12)2/h5-8H,4H2,1-3H3,(H,17,18). The van der Waals surface area contributed by atoms with Gasteiger partial charge in [0.15, 0.2) is 0 Å². The van der Waals surface area contributed by atoms with Crippen molar-refractivity contribution >= 4 is 22.9 Å². The van der Waals surface area contributed by atoms with Crippen LogP contribution in [0.3, 0.4) is 0 Å². The van der Waals surface area contributed by atoms with Crippen molar-refractivity contribution in [2.45, 2.75) is 27.2 Å². The quantitative estimate of drug-likeness (QED) is 0.889. The molecule has 0 aliphatic carbocycles. The van der Waals surface area contributed by atoms with E-state index in [4.69, 9.17) is 0 Å². The Morgan fingerprint density at radius 2 is 2.00 bits per heavy atom. The van der Waals surface area contributed by atoms with Crippen LogP contribution in [0.4, 0.5) is 10.1 Å². The average Bonchev–Trinajstić information content (AvgIpc) is 2.75. The number of amides is 1. The summed E-state index contributed by atoms with van der Waals surface area (Å²) in [4.78, 5) is 14.0. The van der Waals surface area contributed by atoms with E-state index < -0.39 is 0 Å². The van der Waals surface area contributed by atoms with Crippen molar-refractivity contribution < 1.29 is 9.18 Å². The molecule has 1 amide bonds. The molecule has 2 rings (SSSR count). The molecule has 2 nitrogen and oxygen atoms in total. The first-order valence-corrected chi connectivity index (χ1v) is 6.99. The molecule has 100 valence electrons. The van der Waals surface area contributed by atoms with E-state index in [2.05, 4.69) is 12.2 Å². The highest BCUT2D eigenvalue weighted by Gasteiger charge is 2.13. The minimum Gasteiger partial charge on any atom is -0.321 e. The van der Waals surface area contributed by atoms with Crippen molar-refractivity contribution in [3.63, 3.8) is 0 Å². The van der Waals surface area contributed by atoms with Crippen LogP contribution in [0.2, 0.25) is 0 Å². The number of hydrogen-bond donors (Lipinski definition) is 1. The minimum absolute atomic E-state index is 0.179. The molecule has 0 saturated heterocycles. The number of nitrogens with one attached hydrogen (secondary N) is 1. The van der Waals surface area contributed by atoms with Crippen molar-refractivity contribution in [1.29, 1.82) is 0 Å². The number of hydrogen-bond acceptors (Lipinski definition) is 2. The van der Waals surface area contributed by atoms with E-state index in [0.717, 1.165) is 17.5 Å². The highest BCUT2D eigenvalue weighted by Crippen LogP contribution is 2.24. The molecule has 1 aromatic carbocycles. The summed E-state index contributed by atoms with van der Waals surface area (Å²) in [6, 6.07) is 6.26. The van der Waals surface area contributed by atoms with Gasteiger partial charge in [-0.15, -0.1) is 11.3 Å². The predicted octanol–water partition coefficient (Wildman–Crippen LogP) is 4.32. The molecule has 2 aromatic rings. The van der Waals surface area contributed by atoms with Crippen LogP contribution in [-0.2, 0) is 6.42 Å². The van der Waals surface area contributed by atoms with Gasteiger partial charge in [-0.3, -0.25) is 4.79 Å².